The highest BCUT2D eigenvalue weighted by Crippen LogP contribution is 2.12. The molecule has 18 heavy (non-hydrogen) atoms. The van der Waals surface area contributed by atoms with Crippen molar-refractivity contribution < 1.29 is 14.7 Å². The zero-order valence-electron chi connectivity index (χ0n) is 11.0. The summed E-state index contributed by atoms with van der Waals surface area (Å²) in [6.07, 6.45) is 0.436. The molecule has 4 heteroatoms. The molecule has 0 radical (unpaired) electrons. The number of amides is 1. The van der Waals surface area contributed by atoms with E-state index in [0.29, 0.717) is 18.5 Å². The van der Waals surface area contributed by atoms with Gasteiger partial charge in [0.05, 0.1) is 5.92 Å². The fraction of sp³-hybridized carbons (Fsp3) is 0.429. The van der Waals surface area contributed by atoms with Crippen LogP contribution in [0.2, 0.25) is 0 Å². The minimum absolute atomic E-state index is 0.145. The Hall–Kier alpha value is -1.84. The number of carbonyl (C=O) groups excluding carboxylic acids is 1. The predicted molar refractivity (Wildman–Crippen MR) is 69.7 cm³/mol. The summed E-state index contributed by atoms with van der Waals surface area (Å²) in [5.41, 5.74) is 2.68. The molecule has 98 valence electrons. The van der Waals surface area contributed by atoms with Crippen molar-refractivity contribution in [2.24, 2.45) is 5.92 Å². The number of carboxylic acids is 1. The van der Waals surface area contributed by atoms with Crippen LogP contribution in [0.25, 0.3) is 0 Å². The first kappa shape index (κ1) is 14.2. The molecule has 1 atom stereocenters. The number of benzene rings is 1. The van der Waals surface area contributed by atoms with E-state index in [1.54, 1.807) is 13.0 Å². The molecule has 1 aromatic rings. The second-order valence-corrected chi connectivity index (χ2v) is 4.53. The van der Waals surface area contributed by atoms with Gasteiger partial charge in [0, 0.05) is 12.1 Å². The third kappa shape index (κ3) is 3.58. The quantitative estimate of drug-likeness (QED) is 0.840. The van der Waals surface area contributed by atoms with E-state index in [1.165, 1.54) is 0 Å². The van der Waals surface area contributed by atoms with Crippen LogP contribution in [-0.4, -0.2) is 23.5 Å². The van der Waals surface area contributed by atoms with Crippen LogP contribution in [0.15, 0.2) is 18.2 Å². The third-order valence-corrected chi connectivity index (χ3v) is 3.13. The number of carbonyl (C=O) groups is 2. The summed E-state index contributed by atoms with van der Waals surface area (Å²) in [6, 6.07) is 5.58. The summed E-state index contributed by atoms with van der Waals surface area (Å²) < 4.78 is 0. The summed E-state index contributed by atoms with van der Waals surface area (Å²) in [7, 11) is 0. The molecule has 1 amide bonds. The molecular formula is C14H19NO3. The van der Waals surface area contributed by atoms with Gasteiger partial charge in [-0.2, -0.15) is 0 Å². The smallest absolute Gasteiger partial charge is 0.306 e. The van der Waals surface area contributed by atoms with Crippen molar-refractivity contribution in [1.82, 2.24) is 5.32 Å². The molecular weight excluding hydrogens is 230 g/mol. The Labute approximate surface area is 107 Å². The predicted octanol–water partition coefficient (Wildman–Crippen LogP) is 2.14. The number of hydrogen-bond acceptors (Lipinski definition) is 2. The third-order valence-electron chi connectivity index (χ3n) is 3.13. The van der Waals surface area contributed by atoms with Crippen molar-refractivity contribution >= 4 is 11.9 Å². The minimum atomic E-state index is -0.837. The first-order valence-electron chi connectivity index (χ1n) is 6.00. The molecule has 0 saturated heterocycles. The van der Waals surface area contributed by atoms with E-state index in [2.05, 4.69) is 5.32 Å². The maximum atomic E-state index is 11.9. The Bertz CT molecular complexity index is 454. The van der Waals surface area contributed by atoms with Crippen LogP contribution in [0.5, 0.6) is 0 Å². The lowest BCUT2D eigenvalue weighted by Gasteiger charge is -2.10. The van der Waals surface area contributed by atoms with E-state index in [4.69, 9.17) is 5.11 Å². The molecule has 0 bridgehead atoms. The van der Waals surface area contributed by atoms with Gasteiger partial charge in [-0.1, -0.05) is 19.1 Å². The molecule has 1 unspecified atom stereocenters. The number of hydrogen-bond donors (Lipinski definition) is 2. The van der Waals surface area contributed by atoms with Crippen LogP contribution in [0.3, 0.4) is 0 Å². The lowest BCUT2D eigenvalue weighted by molar-refractivity contribution is -0.141. The second-order valence-electron chi connectivity index (χ2n) is 4.53. The van der Waals surface area contributed by atoms with E-state index in [-0.39, 0.29) is 5.91 Å². The number of rotatable bonds is 5. The zero-order chi connectivity index (χ0) is 13.7. The highest BCUT2D eigenvalue weighted by atomic mass is 16.4. The van der Waals surface area contributed by atoms with Crippen LogP contribution in [-0.2, 0) is 4.79 Å². The van der Waals surface area contributed by atoms with Crippen LogP contribution in [0.1, 0.15) is 34.8 Å². The van der Waals surface area contributed by atoms with Gasteiger partial charge in [-0.15, -0.1) is 0 Å². The normalized spacial score (nSPS) is 11.9. The van der Waals surface area contributed by atoms with E-state index in [1.807, 2.05) is 26.0 Å². The van der Waals surface area contributed by atoms with Crippen LogP contribution >= 0.6 is 0 Å². The van der Waals surface area contributed by atoms with E-state index < -0.39 is 11.9 Å². The van der Waals surface area contributed by atoms with Gasteiger partial charge in [0.1, 0.15) is 0 Å². The highest BCUT2D eigenvalue weighted by molar-refractivity contribution is 5.95. The summed E-state index contributed by atoms with van der Waals surface area (Å²) >= 11 is 0. The van der Waals surface area contributed by atoms with Crippen molar-refractivity contribution in [2.45, 2.75) is 27.2 Å². The molecule has 0 aliphatic carbocycles. The van der Waals surface area contributed by atoms with Gasteiger partial charge in [0.15, 0.2) is 0 Å². The van der Waals surface area contributed by atoms with Crippen molar-refractivity contribution in [3.05, 3.63) is 34.9 Å². The van der Waals surface area contributed by atoms with E-state index >= 15 is 0 Å². The molecule has 1 aromatic carbocycles. The van der Waals surface area contributed by atoms with Gasteiger partial charge in [-0.05, 0) is 37.5 Å². The first-order valence-corrected chi connectivity index (χ1v) is 6.00. The van der Waals surface area contributed by atoms with Crippen LogP contribution in [0, 0.1) is 19.8 Å². The maximum Gasteiger partial charge on any atom is 0.306 e. The Morgan fingerprint density at radius 3 is 2.61 bits per heavy atom. The molecule has 0 fully saturated rings. The van der Waals surface area contributed by atoms with Gasteiger partial charge in [-0.25, -0.2) is 0 Å². The second kappa shape index (κ2) is 6.19. The Balaban J connectivity index is 2.56. The SMILES string of the molecule is Cc1cccc(C(=O)NCCC(C)C(=O)O)c1C. The summed E-state index contributed by atoms with van der Waals surface area (Å²) in [4.78, 5) is 22.5. The minimum Gasteiger partial charge on any atom is -0.481 e. The molecule has 0 aliphatic heterocycles. The van der Waals surface area contributed by atoms with Crippen molar-refractivity contribution in [1.29, 1.82) is 0 Å². The van der Waals surface area contributed by atoms with Gasteiger partial charge < -0.3 is 10.4 Å². The van der Waals surface area contributed by atoms with Gasteiger partial charge in [0.25, 0.3) is 5.91 Å². The molecule has 0 aliphatic rings. The van der Waals surface area contributed by atoms with Gasteiger partial charge >= 0.3 is 5.97 Å². The van der Waals surface area contributed by atoms with Crippen molar-refractivity contribution in [3.63, 3.8) is 0 Å². The molecule has 0 saturated carbocycles. The number of aliphatic carboxylic acids is 1. The summed E-state index contributed by atoms with van der Waals surface area (Å²) in [5.74, 6) is -1.42. The Morgan fingerprint density at radius 1 is 1.33 bits per heavy atom. The molecule has 0 aromatic heterocycles. The average Bonchev–Trinajstić information content (AvgIpc) is 2.32. The zero-order valence-corrected chi connectivity index (χ0v) is 11.0. The Morgan fingerprint density at radius 2 is 2.00 bits per heavy atom. The maximum absolute atomic E-state index is 11.9. The number of carboxylic acid groups (broad SMARTS) is 1. The fourth-order valence-electron chi connectivity index (χ4n) is 1.62. The fourth-order valence-corrected chi connectivity index (χ4v) is 1.62. The monoisotopic (exact) mass is 249 g/mol. The summed E-state index contributed by atoms with van der Waals surface area (Å²) in [6.45, 7) is 5.87. The van der Waals surface area contributed by atoms with Crippen molar-refractivity contribution in [2.75, 3.05) is 6.54 Å². The lowest BCUT2D eigenvalue weighted by Crippen LogP contribution is -2.27. The number of nitrogens with one attached hydrogen (secondary N) is 1. The summed E-state index contributed by atoms with van der Waals surface area (Å²) in [5, 5.41) is 11.5. The van der Waals surface area contributed by atoms with E-state index in [9.17, 15) is 9.59 Å². The Kier molecular flexibility index (Phi) is 4.89. The standard InChI is InChI=1S/C14H19NO3/c1-9-5-4-6-12(11(9)3)13(16)15-8-7-10(2)14(17)18/h4-6,10H,7-8H2,1-3H3,(H,15,16)(H,17,18). The number of aryl methyl sites for hydroxylation is 1. The highest BCUT2D eigenvalue weighted by Gasteiger charge is 2.13. The van der Waals surface area contributed by atoms with Gasteiger partial charge in [0.2, 0.25) is 0 Å². The van der Waals surface area contributed by atoms with Crippen LogP contribution in [0.4, 0.5) is 0 Å². The van der Waals surface area contributed by atoms with Crippen molar-refractivity contribution in [3.8, 4) is 0 Å². The average molecular weight is 249 g/mol. The topological polar surface area (TPSA) is 66.4 Å². The largest absolute Gasteiger partial charge is 0.481 e. The molecule has 0 spiro atoms. The molecule has 2 N–H and O–H groups in total. The molecule has 1 rings (SSSR count). The van der Waals surface area contributed by atoms with Crippen LogP contribution < -0.4 is 5.32 Å². The van der Waals surface area contributed by atoms with Gasteiger partial charge in [-0.3, -0.25) is 9.59 Å². The molecule has 4 nitrogen and oxygen atoms in total. The molecule has 0 heterocycles. The lowest BCUT2D eigenvalue weighted by atomic mass is 10.0. The first-order chi connectivity index (χ1) is 8.43. The van der Waals surface area contributed by atoms with E-state index in [0.717, 1.165) is 11.1 Å².